The molecule has 2 aromatic carbocycles. The molecule has 11 heteroatoms. The number of nitrogens with zero attached hydrogens (tertiary/aromatic N) is 5. The van der Waals surface area contributed by atoms with E-state index in [0.717, 1.165) is 16.6 Å². The highest BCUT2D eigenvalue weighted by molar-refractivity contribution is 7.93. The van der Waals surface area contributed by atoms with Crippen molar-refractivity contribution < 1.29 is 8.42 Å². The average molecular weight is 478 g/mol. The summed E-state index contributed by atoms with van der Waals surface area (Å²) in [6.45, 7) is 4.09. The second-order valence-electron chi connectivity index (χ2n) is 7.40. The number of aryl methyl sites for hydroxylation is 2. The van der Waals surface area contributed by atoms with Crippen molar-refractivity contribution in [2.75, 3.05) is 10.0 Å². The molecule has 0 aliphatic carbocycles. The fourth-order valence-electron chi connectivity index (χ4n) is 3.46. The zero-order chi connectivity index (χ0) is 23.0. The highest BCUT2D eigenvalue weighted by atomic mass is 32.2. The van der Waals surface area contributed by atoms with Gasteiger partial charge in [0.1, 0.15) is 12.1 Å². The van der Waals surface area contributed by atoms with Crippen LogP contribution in [0.15, 0.2) is 71.5 Å². The Morgan fingerprint density at radius 3 is 2.55 bits per heavy atom. The molecule has 3 heterocycles. The van der Waals surface area contributed by atoms with Crippen molar-refractivity contribution in [2.24, 2.45) is 0 Å². The molecular formula is C22H19N7O2S2. The van der Waals surface area contributed by atoms with Crippen molar-refractivity contribution >= 4 is 49.0 Å². The number of anilines is 3. The molecule has 0 aliphatic heterocycles. The minimum absolute atomic E-state index is 0.138. The minimum Gasteiger partial charge on any atom is -0.340 e. The monoisotopic (exact) mass is 477 g/mol. The highest BCUT2D eigenvalue weighted by Gasteiger charge is 2.16. The molecule has 166 valence electrons. The van der Waals surface area contributed by atoms with Crippen molar-refractivity contribution in [3.63, 3.8) is 0 Å². The zero-order valence-corrected chi connectivity index (χ0v) is 19.4. The molecule has 0 bridgehead atoms. The minimum atomic E-state index is -3.71. The van der Waals surface area contributed by atoms with Gasteiger partial charge in [-0.05, 0) is 49.7 Å². The zero-order valence-electron chi connectivity index (χ0n) is 17.7. The van der Waals surface area contributed by atoms with Gasteiger partial charge in [-0.25, -0.2) is 28.1 Å². The number of thiazole rings is 1. The molecule has 5 rings (SSSR count). The molecular weight excluding hydrogens is 458 g/mol. The second-order valence-corrected chi connectivity index (χ2v) is 9.97. The SMILES string of the molecule is Cc1ccc(-n2ncc3c(Nc4ccc(S(=O)(=O)Nc5nccs5)cc4)ncnc32)c(C)c1. The molecule has 0 amide bonds. The average Bonchev–Trinajstić information content (AvgIpc) is 3.44. The standard InChI is InChI=1S/C22H19N7O2S2/c1-14-3-8-19(15(2)11-14)29-21-18(12-26-29)20(24-13-25-21)27-16-4-6-17(7-5-16)33(30,31)28-22-23-9-10-32-22/h3-13H,1-2H3,(H,23,28)(H,24,25,27). The van der Waals surface area contributed by atoms with Gasteiger partial charge in [-0.1, -0.05) is 17.7 Å². The molecule has 0 aliphatic rings. The van der Waals surface area contributed by atoms with Gasteiger partial charge in [0.2, 0.25) is 0 Å². The predicted molar refractivity (Wildman–Crippen MR) is 129 cm³/mol. The number of hydrogen-bond donors (Lipinski definition) is 2. The van der Waals surface area contributed by atoms with Gasteiger partial charge in [0.25, 0.3) is 10.0 Å². The van der Waals surface area contributed by atoms with Crippen molar-refractivity contribution in [2.45, 2.75) is 18.7 Å². The quantitative estimate of drug-likeness (QED) is 0.372. The molecule has 33 heavy (non-hydrogen) atoms. The summed E-state index contributed by atoms with van der Waals surface area (Å²) in [5.41, 5.74) is 4.57. The first-order valence-corrected chi connectivity index (χ1v) is 12.3. The van der Waals surface area contributed by atoms with E-state index in [9.17, 15) is 8.42 Å². The summed E-state index contributed by atoms with van der Waals surface area (Å²) in [5, 5.41) is 10.5. The lowest BCUT2D eigenvalue weighted by Gasteiger charge is -2.10. The Balaban J connectivity index is 1.42. The van der Waals surface area contributed by atoms with Gasteiger partial charge in [-0.2, -0.15) is 5.10 Å². The number of nitrogens with one attached hydrogen (secondary N) is 2. The molecule has 2 N–H and O–H groups in total. The number of fused-ring (bicyclic) bond motifs is 1. The molecule has 0 spiro atoms. The van der Waals surface area contributed by atoms with E-state index in [1.54, 1.807) is 34.6 Å². The van der Waals surface area contributed by atoms with Crippen molar-refractivity contribution in [3.8, 4) is 5.69 Å². The topological polar surface area (TPSA) is 115 Å². The van der Waals surface area contributed by atoms with Crippen LogP contribution in [0.3, 0.4) is 0 Å². The number of hydrogen-bond acceptors (Lipinski definition) is 8. The largest absolute Gasteiger partial charge is 0.340 e. The van der Waals surface area contributed by atoms with Crippen molar-refractivity contribution in [3.05, 3.63) is 77.7 Å². The van der Waals surface area contributed by atoms with Gasteiger partial charge in [0.05, 0.1) is 22.2 Å². The van der Waals surface area contributed by atoms with Gasteiger partial charge in [0, 0.05) is 17.3 Å². The van der Waals surface area contributed by atoms with Crippen LogP contribution in [0.4, 0.5) is 16.6 Å². The fraction of sp³-hybridized carbons (Fsp3) is 0.0909. The third-order valence-corrected chi connectivity index (χ3v) is 7.20. The summed E-state index contributed by atoms with van der Waals surface area (Å²) < 4.78 is 29.3. The number of rotatable bonds is 6. The van der Waals surface area contributed by atoms with Crippen molar-refractivity contribution in [1.82, 2.24) is 24.7 Å². The van der Waals surface area contributed by atoms with Crippen LogP contribution in [0, 0.1) is 13.8 Å². The van der Waals surface area contributed by atoms with E-state index in [2.05, 4.69) is 36.2 Å². The van der Waals surface area contributed by atoms with Gasteiger partial charge in [-0.3, -0.25) is 4.72 Å². The summed E-state index contributed by atoms with van der Waals surface area (Å²) in [6.07, 6.45) is 4.73. The Kier molecular flexibility index (Phi) is 5.27. The Bertz CT molecular complexity index is 1540. The molecule has 0 fully saturated rings. The lowest BCUT2D eigenvalue weighted by molar-refractivity contribution is 0.601. The first kappa shape index (κ1) is 21.0. The van der Waals surface area contributed by atoms with E-state index in [0.29, 0.717) is 22.3 Å². The van der Waals surface area contributed by atoms with Gasteiger partial charge < -0.3 is 5.32 Å². The first-order chi connectivity index (χ1) is 15.9. The maximum Gasteiger partial charge on any atom is 0.263 e. The molecule has 0 saturated heterocycles. The third kappa shape index (κ3) is 4.15. The summed E-state index contributed by atoms with van der Waals surface area (Å²) in [5.74, 6) is 0.576. The van der Waals surface area contributed by atoms with Crippen LogP contribution >= 0.6 is 11.3 Å². The van der Waals surface area contributed by atoms with Crippen LogP contribution in [0.5, 0.6) is 0 Å². The normalized spacial score (nSPS) is 11.6. The maximum absolute atomic E-state index is 12.5. The Morgan fingerprint density at radius 2 is 1.82 bits per heavy atom. The fourth-order valence-corrected chi connectivity index (χ4v) is 5.25. The molecule has 0 unspecified atom stereocenters. The lowest BCUT2D eigenvalue weighted by Crippen LogP contribution is -2.12. The highest BCUT2D eigenvalue weighted by Crippen LogP contribution is 2.27. The van der Waals surface area contributed by atoms with Crippen LogP contribution in [0.2, 0.25) is 0 Å². The van der Waals surface area contributed by atoms with E-state index in [1.807, 2.05) is 26.0 Å². The summed E-state index contributed by atoms with van der Waals surface area (Å²) in [4.78, 5) is 12.9. The molecule has 5 aromatic rings. The maximum atomic E-state index is 12.5. The van der Waals surface area contributed by atoms with E-state index in [4.69, 9.17) is 0 Å². The van der Waals surface area contributed by atoms with Gasteiger partial charge in [-0.15, -0.1) is 11.3 Å². The smallest absolute Gasteiger partial charge is 0.263 e. The summed E-state index contributed by atoms with van der Waals surface area (Å²) >= 11 is 1.22. The van der Waals surface area contributed by atoms with E-state index in [1.165, 1.54) is 35.4 Å². The second kappa shape index (κ2) is 8.26. The Morgan fingerprint density at radius 1 is 1.00 bits per heavy atom. The Hall–Kier alpha value is -3.83. The molecule has 0 atom stereocenters. The summed E-state index contributed by atoms with van der Waals surface area (Å²) in [7, 11) is -3.71. The van der Waals surface area contributed by atoms with Gasteiger partial charge >= 0.3 is 0 Å². The molecule has 3 aromatic heterocycles. The first-order valence-electron chi connectivity index (χ1n) is 9.96. The van der Waals surface area contributed by atoms with Crippen LogP contribution in [0.25, 0.3) is 16.7 Å². The van der Waals surface area contributed by atoms with E-state index in [-0.39, 0.29) is 4.90 Å². The molecule has 0 radical (unpaired) electrons. The number of sulfonamides is 1. The van der Waals surface area contributed by atoms with E-state index >= 15 is 0 Å². The van der Waals surface area contributed by atoms with E-state index < -0.39 is 10.0 Å². The molecule has 0 saturated carbocycles. The number of aromatic nitrogens is 5. The number of benzene rings is 2. The van der Waals surface area contributed by atoms with Crippen LogP contribution in [-0.2, 0) is 10.0 Å². The Labute approximate surface area is 194 Å². The van der Waals surface area contributed by atoms with Crippen LogP contribution in [0.1, 0.15) is 11.1 Å². The van der Waals surface area contributed by atoms with Crippen LogP contribution < -0.4 is 10.0 Å². The van der Waals surface area contributed by atoms with Gasteiger partial charge in [0.15, 0.2) is 10.8 Å². The third-order valence-electron chi connectivity index (χ3n) is 5.03. The van der Waals surface area contributed by atoms with Crippen molar-refractivity contribution in [1.29, 1.82) is 0 Å². The predicted octanol–water partition coefficient (Wildman–Crippen LogP) is 4.43. The lowest BCUT2D eigenvalue weighted by atomic mass is 10.1. The summed E-state index contributed by atoms with van der Waals surface area (Å²) in [6, 6.07) is 12.6. The van der Waals surface area contributed by atoms with Crippen LogP contribution in [-0.4, -0.2) is 33.2 Å². The molecule has 9 nitrogen and oxygen atoms in total.